The molecule has 2 bridgehead atoms. The molecule has 1 saturated heterocycles. The largest absolute Gasteiger partial charge is 0.497 e. The van der Waals surface area contributed by atoms with Gasteiger partial charge in [0.1, 0.15) is 12.4 Å². The Kier molecular flexibility index (Phi) is 4.25. The molecule has 3 amide bonds. The number of benzene rings is 2. The predicted octanol–water partition coefficient (Wildman–Crippen LogP) is 3.35. The van der Waals surface area contributed by atoms with E-state index in [1.54, 1.807) is 31.4 Å². The average molecular weight is 428 g/mol. The Hall–Kier alpha value is -3.41. The third kappa shape index (κ3) is 2.75. The zero-order chi connectivity index (χ0) is 22.0. The van der Waals surface area contributed by atoms with E-state index in [0.29, 0.717) is 28.8 Å². The summed E-state index contributed by atoms with van der Waals surface area (Å²) in [5, 5.41) is 0. The zero-order valence-electron chi connectivity index (χ0n) is 17.8. The highest BCUT2D eigenvalue weighted by atomic mass is 16.5. The fourth-order valence-corrected chi connectivity index (χ4v) is 6.08. The van der Waals surface area contributed by atoms with Crippen molar-refractivity contribution in [2.45, 2.75) is 6.42 Å². The molecule has 0 unspecified atom stereocenters. The molecule has 0 N–H and O–H groups in total. The molecule has 1 aliphatic heterocycles. The number of likely N-dealkylation sites (tertiary alicyclic amines) is 1. The standard InChI is InChI=1S/C26H24N2O4/c1-32-17-9-5-6-15(12-17)24(29)27(16-7-3-2-4-8-16)14-28-25(30)22-18-10-11-19(21-13-20(18)21)23(22)26(28)31/h2-12,18-23H,13-14H2,1H3/t18-,19+,20-,21-,22+,23+/m1/s1. The molecule has 3 fully saturated rings. The number of carbonyl (C=O) groups excluding carboxylic acids is 3. The molecule has 6 heteroatoms. The first kappa shape index (κ1) is 19.3. The number of allylic oxidation sites excluding steroid dienone is 2. The van der Waals surface area contributed by atoms with Crippen molar-refractivity contribution in [1.29, 1.82) is 0 Å². The SMILES string of the molecule is COc1cccc(C(=O)N(CN2C(=O)[C@H]3[C@@H]4C=C[C@@H]([C@H]5C[C@H]45)[C@@H]3C2=O)c2ccccc2)c1. The molecule has 32 heavy (non-hydrogen) atoms. The summed E-state index contributed by atoms with van der Waals surface area (Å²) in [6, 6.07) is 16.1. The van der Waals surface area contributed by atoms with Crippen LogP contribution in [0.15, 0.2) is 66.7 Å². The molecular weight excluding hydrogens is 404 g/mol. The normalized spacial score (nSPS) is 31.3. The summed E-state index contributed by atoms with van der Waals surface area (Å²) < 4.78 is 5.27. The number of anilines is 1. The van der Waals surface area contributed by atoms with Crippen LogP contribution < -0.4 is 9.64 Å². The second-order valence-electron chi connectivity index (χ2n) is 9.20. The number of para-hydroxylation sites is 1. The molecule has 6 atom stereocenters. The van der Waals surface area contributed by atoms with Gasteiger partial charge in [0.05, 0.1) is 18.9 Å². The van der Waals surface area contributed by atoms with Crippen LogP contribution in [0.5, 0.6) is 5.75 Å². The molecule has 162 valence electrons. The topological polar surface area (TPSA) is 66.9 Å². The lowest BCUT2D eigenvalue weighted by atomic mass is 9.63. The Bertz CT molecular complexity index is 1110. The van der Waals surface area contributed by atoms with Gasteiger partial charge in [-0.2, -0.15) is 0 Å². The predicted molar refractivity (Wildman–Crippen MR) is 118 cm³/mol. The van der Waals surface area contributed by atoms with E-state index in [4.69, 9.17) is 4.74 Å². The van der Waals surface area contributed by atoms with Crippen LogP contribution in [0.2, 0.25) is 0 Å². The molecular formula is C26H24N2O4. The molecule has 4 aliphatic carbocycles. The molecule has 6 nitrogen and oxygen atoms in total. The van der Waals surface area contributed by atoms with Crippen LogP contribution in [-0.2, 0) is 9.59 Å². The Morgan fingerprint density at radius 2 is 1.62 bits per heavy atom. The van der Waals surface area contributed by atoms with Crippen LogP contribution in [0.4, 0.5) is 5.69 Å². The van der Waals surface area contributed by atoms with Crippen molar-refractivity contribution in [3.63, 3.8) is 0 Å². The Balaban J connectivity index is 1.33. The molecule has 5 aliphatic rings. The average Bonchev–Trinajstić information content (AvgIpc) is 3.62. The van der Waals surface area contributed by atoms with E-state index in [2.05, 4.69) is 12.2 Å². The molecule has 7 rings (SSSR count). The van der Waals surface area contributed by atoms with Gasteiger partial charge in [0.15, 0.2) is 0 Å². The molecule has 0 radical (unpaired) electrons. The summed E-state index contributed by atoms with van der Waals surface area (Å²) in [7, 11) is 1.55. The molecule has 2 saturated carbocycles. The van der Waals surface area contributed by atoms with Crippen molar-refractivity contribution >= 4 is 23.4 Å². The number of imide groups is 1. The highest BCUT2D eigenvalue weighted by molar-refractivity contribution is 6.10. The van der Waals surface area contributed by atoms with E-state index in [0.717, 1.165) is 6.42 Å². The van der Waals surface area contributed by atoms with Gasteiger partial charge in [-0.15, -0.1) is 0 Å². The molecule has 0 spiro atoms. The minimum Gasteiger partial charge on any atom is -0.497 e. The van der Waals surface area contributed by atoms with Gasteiger partial charge in [0, 0.05) is 11.3 Å². The maximum atomic E-state index is 13.5. The van der Waals surface area contributed by atoms with Gasteiger partial charge in [0.25, 0.3) is 5.91 Å². The van der Waals surface area contributed by atoms with Gasteiger partial charge in [0.2, 0.25) is 11.8 Å². The fraction of sp³-hybridized carbons (Fsp3) is 0.346. The van der Waals surface area contributed by atoms with Crippen LogP contribution in [0.25, 0.3) is 0 Å². The first-order valence-electron chi connectivity index (χ1n) is 11.1. The third-order valence-electron chi connectivity index (χ3n) is 7.67. The third-order valence-corrected chi connectivity index (χ3v) is 7.67. The van der Waals surface area contributed by atoms with Crippen LogP contribution >= 0.6 is 0 Å². The number of carbonyl (C=O) groups is 3. The summed E-state index contributed by atoms with van der Waals surface area (Å²) in [5.41, 5.74) is 1.08. The molecule has 1 heterocycles. The van der Waals surface area contributed by atoms with Crippen molar-refractivity contribution < 1.29 is 19.1 Å². The number of nitrogens with zero attached hydrogens (tertiary/aromatic N) is 2. The maximum Gasteiger partial charge on any atom is 0.259 e. The van der Waals surface area contributed by atoms with E-state index in [9.17, 15) is 14.4 Å². The summed E-state index contributed by atoms with van der Waals surface area (Å²) in [6.45, 7) is -0.0838. The van der Waals surface area contributed by atoms with Crippen LogP contribution in [0.1, 0.15) is 16.8 Å². The quantitative estimate of drug-likeness (QED) is 0.541. The van der Waals surface area contributed by atoms with Crippen molar-refractivity contribution in [3.05, 3.63) is 72.3 Å². The Morgan fingerprint density at radius 3 is 2.25 bits per heavy atom. The van der Waals surface area contributed by atoms with E-state index in [-0.39, 0.29) is 48.1 Å². The van der Waals surface area contributed by atoms with Crippen molar-refractivity contribution in [2.75, 3.05) is 18.7 Å². The lowest BCUT2D eigenvalue weighted by Gasteiger charge is -2.37. The van der Waals surface area contributed by atoms with E-state index in [1.165, 1.54) is 9.80 Å². The van der Waals surface area contributed by atoms with Gasteiger partial charge in [-0.05, 0) is 60.4 Å². The molecule has 2 aromatic rings. The van der Waals surface area contributed by atoms with E-state index in [1.807, 2.05) is 30.3 Å². The minimum atomic E-state index is -0.283. The fourth-order valence-electron chi connectivity index (χ4n) is 6.08. The second kappa shape index (κ2) is 7.05. The van der Waals surface area contributed by atoms with Gasteiger partial charge < -0.3 is 4.74 Å². The van der Waals surface area contributed by atoms with Gasteiger partial charge in [-0.25, -0.2) is 0 Å². The van der Waals surface area contributed by atoms with Gasteiger partial charge >= 0.3 is 0 Å². The molecule has 2 aromatic carbocycles. The summed E-state index contributed by atoms with van der Waals surface area (Å²) >= 11 is 0. The number of amides is 3. The van der Waals surface area contributed by atoms with Crippen molar-refractivity contribution in [3.8, 4) is 5.75 Å². The number of rotatable bonds is 5. The summed E-state index contributed by atoms with van der Waals surface area (Å²) in [4.78, 5) is 43.3. The lowest BCUT2D eigenvalue weighted by molar-refractivity contribution is -0.140. The highest BCUT2D eigenvalue weighted by Gasteiger charge is 2.67. The lowest BCUT2D eigenvalue weighted by Crippen LogP contribution is -2.45. The van der Waals surface area contributed by atoms with E-state index < -0.39 is 0 Å². The monoisotopic (exact) mass is 428 g/mol. The molecule has 0 aromatic heterocycles. The van der Waals surface area contributed by atoms with Crippen molar-refractivity contribution in [1.82, 2.24) is 4.90 Å². The van der Waals surface area contributed by atoms with E-state index >= 15 is 0 Å². The van der Waals surface area contributed by atoms with Gasteiger partial charge in [-0.3, -0.25) is 24.2 Å². The maximum absolute atomic E-state index is 13.5. The summed E-state index contributed by atoms with van der Waals surface area (Å²) in [5.74, 6) is 0.897. The first-order valence-corrected chi connectivity index (χ1v) is 11.1. The Labute approximate surface area is 186 Å². The van der Waals surface area contributed by atoms with Gasteiger partial charge in [-0.1, -0.05) is 36.4 Å². The van der Waals surface area contributed by atoms with Crippen LogP contribution in [0.3, 0.4) is 0 Å². The Morgan fingerprint density at radius 1 is 0.969 bits per heavy atom. The van der Waals surface area contributed by atoms with Crippen LogP contribution in [0, 0.1) is 35.5 Å². The zero-order valence-corrected chi connectivity index (χ0v) is 17.8. The summed E-state index contributed by atoms with van der Waals surface area (Å²) in [6.07, 6.45) is 5.44. The first-order chi connectivity index (χ1) is 15.6. The number of hydrogen-bond donors (Lipinski definition) is 0. The number of methoxy groups -OCH3 is 1. The number of ether oxygens (including phenoxy) is 1. The highest BCUT2D eigenvalue weighted by Crippen LogP contribution is 2.65. The van der Waals surface area contributed by atoms with Crippen molar-refractivity contribution in [2.24, 2.45) is 35.5 Å². The smallest absolute Gasteiger partial charge is 0.259 e. The minimum absolute atomic E-state index is 0.0838. The van der Waals surface area contributed by atoms with Crippen LogP contribution in [-0.4, -0.2) is 36.4 Å². The second-order valence-corrected chi connectivity index (χ2v) is 9.20. The number of hydrogen-bond acceptors (Lipinski definition) is 4.